The van der Waals surface area contributed by atoms with Crippen molar-refractivity contribution in [3.8, 4) is 11.3 Å². The summed E-state index contributed by atoms with van der Waals surface area (Å²) in [5.41, 5.74) is 2.09. The van der Waals surface area contributed by atoms with E-state index in [1.54, 1.807) is 18.5 Å². The summed E-state index contributed by atoms with van der Waals surface area (Å²) in [4.78, 5) is 18.6. The molecule has 0 aliphatic heterocycles. The molecule has 4 nitrogen and oxygen atoms in total. The van der Waals surface area contributed by atoms with Crippen molar-refractivity contribution in [2.24, 2.45) is 0 Å². The summed E-state index contributed by atoms with van der Waals surface area (Å²) >= 11 is 0. The Labute approximate surface area is 164 Å². The largest absolute Gasteiger partial charge is 0.477 e. The first-order chi connectivity index (χ1) is 12.2. The molecule has 2 heterocycles. The molecular weight excluding hydrogens is 504 g/mol. The number of benzene rings is 2. The fraction of sp³-hybridized carbons (Fsp3) is 0. The first-order valence-electron chi connectivity index (χ1n) is 7.70. The van der Waals surface area contributed by atoms with Crippen molar-refractivity contribution >= 4 is 16.7 Å². The monoisotopic (exact) mass is 520 g/mol. The molecule has 0 unspecified atom stereocenters. The number of aromatic nitrogens is 2. The predicted molar refractivity (Wildman–Crippen MR) is 97.2 cm³/mol. The van der Waals surface area contributed by atoms with E-state index in [1.165, 1.54) is 0 Å². The summed E-state index contributed by atoms with van der Waals surface area (Å²) in [6, 6.07) is 25.9. The molecule has 26 heavy (non-hydrogen) atoms. The molecule has 1 radical (unpaired) electrons. The van der Waals surface area contributed by atoms with Crippen molar-refractivity contribution in [3.05, 3.63) is 97.0 Å². The molecule has 0 saturated heterocycles. The van der Waals surface area contributed by atoms with E-state index in [0.29, 0.717) is 0 Å². The van der Waals surface area contributed by atoms with Crippen LogP contribution in [0.25, 0.3) is 22.0 Å². The Morgan fingerprint density at radius 1 is 0.885 bits per heavy atom. The number of hydrogen-bond acceptors (Lipinski definition) is 3. The summed E-state index contributed by atoms with van der Waals surface area (Å²) in [5, 5.41) is 10.5. The van der Waals surface area contributed by atoms with Crippen LogP contribution in [0.15, 0.2) is 85.2 Å². The number of aromatic carboxylic acids is 1. The first kappa shape index (κ1) is 19.4. The van der Waals surface area contributed by atoms with Crippen LogP contribution in [-0.2, 0) is 20.1 Å². The predicted octanol–water partition coefficient (Wildman–Crippen LogP) is 4.48. The Bertz CT molecular complexity index is 939. The molecule has 0 fully saturated rings. The molecule has 0 aliphatic rings. The van der Waals surface area contributed by atoms with Crippen molar-refractivity contribution in [2.75, 3.05) is 0 Å². The van der Waals surface area contributed by atoms with Crippen LogP contribution in [0.1, 0.15) is 10.5 Å². The number of rotatable bonds is 2. The molecule has 2 aromatic carbocycles. The van der Waals surface area contributed by atoms with Crippen LogP contribution in [0.4, 0.5) is 0 Å². The molecular formula is C21H15IrN2O2-. The summed E-state index contributed by atoms with van der Waals surface area (Å²) in [6.45, 7) is 0. The second kappa shape index (κ2) is 9.56. The minimum atomic E-state index is -0.995. The van der Waals surface area contributed by atoms with E-state index in [-0.39, 0.29) is 25.8 Å². The molecule has 4 rings (SSSR count). The van der Waals surface area contributed by atoms with Crippen molar-refractivity contribution in [1.82, 2.24) is 9.97 Å². The number of pyridine rings is 2. The third-order valence-electron chi connectivity index (χ3n) is 3.50. The maximum Gasteiger partial charge on any atom is 0.354 e. The number of hydrogen-bond donors (Lipinski definition) is 1. The minimum absolute atomic E-state index is 0. The number of carbonyl (C=O) groups is 1. The molecule has 0 aliphatic carbocycles. The number of nitrogens with zero attached hydrogens (tertiary/aromatic N) is 2. The first-order valence-corrected chi connectivity index (χ1v) is 7.70. The normalized spacial score (nSPS) is 9.54. The van der Waals surface area contributed by atoms with E-state index in [4.69, 9.17) is 5.11 Å². The van der Waals surface area contributed by atoms with Crippen LogP contribution < -0.4 is 0 Å². The summed E-state index contributed by atoms with van der Waals surface area (Å²) < 4.78 is 0. The van der Waals surface area contributed by atoms with Crippen molar-refractivity contribution in [1.29, 1.82) is 0 Å². The summed E-state index contributed by atoms with van der Waals surface area (Å²) in [6.07, 6.45) is 3.36. The molecule has 4 aromatic rings. The van der Waals surface area contributed by atoms with Gasteiger partial charge in [-0.05, 0) is 23.2 Å². The van der Waals surface area contributed by atoms with E-state index in [2.05, 4.69) is 16.0 Å². The van der Waals surface area contributed by atoms with Gasteiger partial charge in [0.1, 0.15) is 5.69 Å². The van der Waals surface area contributed by atoms with Crippen molar-refractivity contribution < 1.29 is 30.0 Å². The van der Waals surface area contributed by atoms with E-state index in [9.17, 15) is 4.79 Å². The quantitative estimate of drug-likeness (QED) is 0.397. The van der Waals surface area contributed by atoms with E-state index in [0.717, 1.165) is 22.0 Å². The van der Waals surface area contributed by atoms with Gasteiger partial charge < -0.3 is 10.1 Å². The average Bonchev–Trinajstić information content (AvgIpc) is 2.69. The van der Waals surface area contributed by atoms with Gasteiger partial charge >= 0.3 is 5.97 Å². The van der Waals surface area contributed by atoms with Gasteiger partial charge in [0.2, 0.25) is 0 Å². The molecule has 5 heteroatoms. The summed E-state index contributed by atoms with van der Waals surface area (Å²) in [5.74, 6) is -0.995. The van der Waals surface area contributed by atoms with Gasteiger partial charge in [0.25, 0.3) is 0 Å². The zero-order chi connectivity index (χ0) is 17.5. The van der Waals surface area contributed by atoms with Gasteiger partial charge in [-0.2, -0.15) is 0 Å². The smallest absolute Gasteiger partial charge is 0.354 e. The topological polar surface area (TPSA) is 63.1 Å². The van der Waals surface area contributed by atoms with Crippen LogP contribution in [-0.4, -0.2) is 21.0 Å². The molecule has 0 amide bonds. The van der Waals surface area contributed by atoms with Crippen molar-refractivity contribution in [2.45, 2.75) is 0 Å². The Balaban J connectivity index is 0.000000180. The molecule has 0 spiro atoms. The van der Waals surface area contributed by atoms with Gasteiger partial charge in [-0.1, -0.05) is 36.4 Å². The zero-order valence-corrected chi connectivity index (χ0v) is 16.1. The van der Waals surface area contributed by atoms with E-state index < -0.39 is 5.97 Å². The SMILES string of the molecule is O=C(O)c1cc2ccccc2cn1.[Ir].[c-]1ccccc1-c1ccccn1. The minimum Gasteiger partial charge on any atom is -0.477 e. The number of fused-ring (bicyclic) bond motifs is 1. The standard InChI is InChI=1S/C11H8N.C10H7NO2.Ir/c1-2-6-10(7-3-1)11-8-4-5-9-12-11;12-10(13)9-5-7-3-1-2-4-8(7)6-11-9;/h1-6,8-9H;1-6H,(H,12,13);/q-1;;. The van der Waals surface area contributed by atoms with Crippen LogP contribution >= 0.6 is 0 Å². The Morgan fingerprint density at radius 2 is 1.62 bits per heavy atom. The molecule has 0 saturated carbocycles. The molecule has 0 bridgehead atoms. The molecule has 2 aromatic heterocycles. The molecule has 1 N–H and O–H groups in total. The van der Waals surface area contributed by atoms with Crippen LogP contribution in [0.5, 0.6) is 0 Å². The fourth-order valence-electron chi connectivity index (χ4n) is 2.28. The fourth-order valence-corrected chi connectivity index (χ4v) is 2.28. The third-order valence-corrected chi connectivity index (χ3v) is 3.50. The molecule has 131 valence electrons. The van der Waals surface area contributed by atoms with Gasteiger partial charge in [0.15, 0.2) is 0 Å². The Kier molecular flexibility index (Phi) is 7.15. The molecule has 0 atom stereocenters. The van der Waals surface area contributed by atoms with E-state index in [1.807, 2.05) is 66.7 Å². The van der Waals surface area contributed by atoms with Gasteiger partial charge in [0.05, 0.1) is 0 Å². The van der Waals surface area contributed by atoms with Crippen LogP contribution in [0, 0.1) is 6.07 Å². The van der Waals surface area contributed by atoms with Gasteiger partial charge in [0, 0.05) is 37.9 Å². The maximum atomic E-state index is 10.6. The number of carboxylic acid groups (broad SMARTS) is 1. The van der Waals surface area contributed by atoms with Crippen LogP contribution in [0.3, 0.4) is 0 Å². The third kappa shape index (κ3) is 5.06. The van der Waals surface area contributed by atoms with Gasteiger partial charge in [-0.3, -0.25) is 0 Å². The zero-order valence-electron chi connectivity index (χ0n) is 13.7. The Hall–Kier alpha value is -2.88. The van der Waals surface area contributed by atoms with Crippen molar-refractivity contribution in [3.63, 3.8) is 0 Å². The number of carboxylic acids is 1. The van der Waals surface area contributed by atoms with E-state index >= 15 is 0 Å². The second-order valence-electron chi connectivity index (χ2n) is 5.21. The van der Waals surface area contributed by atoms with Crippen LogP contribution in [0.2, 0.25) is 0 Å². The average molecular weight is 520 g/mol. The maximum absolute atomic E-state index is 10.6. The second-order valence-corrected chi connectivity index (χ2v) is 5.21. The van der Waals surface area contributed by atoms with Gasteiger partial charge in [-0.15, -0.1) is 35.9 Å². The summed E-state index contributed by atoms with van der Waals surface area (Å²) in [7, 11) is 0. The van der Waals surface area contributed by atoms with Gasteiger partial charge in [-0.25, -0.2) is 9.78 Å². The Morgan fingerprint density at radius 3 is 2.27 bits per heavy atom.